The fraction of sp³-hybridized carbons (Fsp3) is 0.400. The van der Waals surface area contributed by atoms with E-state index in [4.69, 9.17) is 9.44 Å². The lowest BCUT2D eigenvalue weighted by Gasteiger charge is -2.13. The van der Waals surface area contributed by atoms with Gasteiger partial charge in [0.25, 0.3) is 10.1 Å². The molecule has 1 atom stereocenters. The van der Waals surface area contributed by atoms with Gasteiger partial charge in [0.2, 0.25) is 0 Å². The topological polar surface area (TPSA) is 80.0 Å². The van der Waals surface area contributed by atoms with Crippen molar-refractivity contribution >= 4 is 10.1 Å². The molecular weight excluding hydrogens is 228 g/mol. The molecule has 1 aromatic rings. The third-order valence-electron chi connectivity index (χ3n) is 1.91. The Morgan fingerprint density at radius 2 is 2.25 bits per heavy atom. The first-order valence-electron chi connectivity index (χ1n) is 4.70. The minimum Gasteiger partial charge on any atom is -0.261 e. The van der Waals surface area contributed by atoms with Crippen LogP contribution in [0.2, 0.25) is 0 Å². The SMILES string of the molecule is CCC(OS(C)(=O)=O)c1ccc(C#N)cn1. The number of aromatic nitrogens is 1. The predicted octanol–water partition coefficient (Wildman–Crippen LogP) is 1.38. The number of pyridine rings is 1. The van der Waals surface area contributed by atoms with Crippen LogP contribution < -0.4 is 0 Å². The molecule has 0 saturated carbocycles. The van der Waals surface area contributed by atoms with Gasteiger partial charge in [0, 0.05) is 6.20 Å². The Bertz CT molecular complexity index is 488. The lowest BCUT2D eigenvalue weighted by Crippen LogP contribution is -2.11. The Morgan fingerprint density at radius 1 is 1.56 bits per heavy atom. The zero-order valence-electron chi connectivity index (χ0n) is 9.04. The molecule has 0 saturated heterocycles. The Hall–Kier alpha value is -1.45. The molecule has 86 valence electrons. The van der Waals surface area contributed by atoms with Gasteiger partial charge < -0.3 is 0 Å². The van der Waals surface area contributed by atoms with E-state index in [2.05, 4.69) is 4.98 Å². The van der Waals surface area contributed by atoms with Gasteiger partial charge in [0.1, 0.15) is 12.2 Å². The molecule has 5 nitrogen and oxygen atoms in total. The monoisotopic (exact) mass is 240 g/mol. The standard InChI is InChI=1S/C10H12N2O3S/c1-3-10(15-16(2,13)14)9-5-4-8(6-11)7-12-9/h4-5,7,10H,3H2,1-2H3. The smallest absolute Gasteiger partial charge is 0.261 e. The van der Waals surface area contributed by atoms with Crippen LogP contribution >= 0.6 is 0 Å². The third kappa shape index (κ3) is 3.61. The molecule has 0 aromatic carbocycles. The average Bonchev–Trinajstić information content (AvgIpc) is 2.25. The second kappa shape index (κ2) is 5.05. The summed E-state index contributed by atoms with van der Waals surface area (Å²) in [5.41, 5.74) is 0.935. The summed E-state index contributed by atoms with van der Waals surface area (Å²) in [6.45, 7) is 1.80. The van der Waals surface area contributed by atoms with Crippen LogP contribution in [0.15, 0.2) is 18.3 Å². The van der Waals surface area contributed by atoms with E-state index >= 15 is 0 Å². The van der Waals surface area contributed by atoms with Crippen LogP contribution in [-0.2, 0) is 14.3 Å². The van der Waals surface area contributed by atoms with Gasteiger partial charge >= 0.3 is 0 Å². The van der Waals surface area contributed by atoms with Gasteiger partial charge in [0.05, 0.1) is 17.5 Å². The van der Waals surface area contributed by atoms with E-state index in [1.165, 1.54) is 6.20 Å². The van der Waals surface area contributed by atoms with Crippen LogP contribution in [0.25, 0.3) is 0 Å². The van der Waals surface area contributed by atoms with Crippen LogP contribution in [0, 0.1) is 11.3 Å². The van der Waals surface area contributed by atoms with Gasteiger partial charge in [-0.05, 0) is 18.6 Å². The van der Waals surface area contributed by atoms with Crippen LogP contribution in [0.1, 0.15) is 30.7 Å². The van der Waals surface area contributed by atoms with Gasteiger partial charge in [-0.2, -0.15) is 13.7 Å². The molecule has 1 rings (SSSR count). The summed E-state index contributed by atoms with van der Waals surface area (Å²) in [7, 11) is -3.50. The summed E-state index contributed by atoms with van der Waals surface area (Å²) in [6, 6.07) is 5.11. The summed E-state index contributed by atoms with van der Waals surface area (Å²) in [5, 5.41) is 8.59. The molecule has 0 aliphatic carbocycles. The van der Waals surface area contributed by atoms with Crippen LogP contribution in [0.3, 0.4) is 0 Å². The molecule has 1 aromatic heterocycles. The first-order valence-corrected chi connectivity index (χ1v) is 6.52. The van der Waals surface area contributed by atoms with E-state index in [1.54, 1.807) is 19.1 Å². The summed E-state index contributed by atoms with van der Waals surface area (Å²) in [6.07, 6.45) is 2.29. The van der Waals surface area contributed by atoms with Crippen LogP contribution in [0.5, 0.6) is 0 Å². The fourth-order valence-electron chi connectivity index (χ4n) is 1.20. The summed E-state index contributed by atoms with van der Waals surface area (Å²) >= 11 is 0. The summed E-state index contributed by atoms with van der Waals surface area (Å²) < 4.78 is 26.9. The van der Waals surface area contributed by atoms with E-state index in [0.29, 0.717) is 17.7 Å². The maximum absolute atomic E-state index is 11.0. The predicted molar refractivity (Wildman–Crippen MR) is 57.9 cm³/mol. The van der Waals surface area contributed by atoms with Crippen LogP contribution in [0.4, 0.5) is 0 Å². The van der Waals surface area contributed by atoms with E-state index < -0.39 is 16.2 Å². The highest BCUT2D eigenvalue weighted by Crippen LogP contribution is 2.20. The van der Waals surface area contributed by atoms with Gasteiger partial charge in [-0.3, -0.25) is 9.17 Å². The van der Waals surface area contributed by atoms with Crippen molar-refractivity contribution < 1.29 is 12.6 Å². The highest BCUT2D eigenvalue weighted by Gasteiger charge is 2.16. The molecule has 0 fully saturated rings. The number of rotatable bonds is 4. The van der Waals surface area contributed by atoms with E-state index in [-0.39, 0.29) is 0 Å². The van der Waals surface area contributed by atoms with Crippen molar-refractivity contribution in [2.45, 2.75) is 19.4 Å². The Balaban J connectivity index is 2.92. The van der Waals surface area contributed by atoms with Crippen molar-refractivity contribution in [1.82, 2.24) is 4.98 Å². The maximum atomic E-state index is 11.0. The highest BCUT2D eigenvalue weighted by molar-refractivity contribution is 7.86. The second-order valence-corrected chi connectivity index (χ2v) is 4.88. The van der Waals surface area contributed by atoms with Crippen LogP contribution in [-0.4, -0.2) is 19.7 Å². The Labute approximate surface area is 94.8 Å². The van der Waals surface area contributed by atoms with Crippen molar-refractivity contribution in [1.29, 1.82) is 5.26 Å². The van der Waals surface area contributed by atoms with E-state index in [1.807, 2.05) is 6.07 Å². The molecule has 0 spiro atoms. The minimum atomic E-state index is -3.50. The largest absolute Gasteiger partial charge is 0.265 e. The number of nitriles is 1. The molecule has 16 heavy (non-hydrogen) atoms. The van der Waals surface area contributed by atoms with Crippen molar-refractivity contribution in [2.24, 2.45) is 0 Å². The molecule has 0 bridgehead atoms. The highest BCUT2D eigenvalue weighted by atomic mass is 32.2. The number of hydrogen-bond donors (Lipinski definition) is 0. The lowest BCUT2D eigenvalue weighted by atomic mass is 10.1. The van der Waals surface area contributed by atoms with Crippen molar-refractivity contribution in [3.05, 3.63) is 29.6 Å². The zero-order chi connectivity index (χ0) is 12.2. The molecule has 1 heterocycles. The van der Waals surface area contributed by atoms with E-state index in [0.717, 1.165) is 6.26 Å². The Kier molecular flexibility index (Phi) is 3.99. The first kappa shape index (κ1) is 12.6. The number of nitrogens with zero attached hydrogens (tertiary/aromatic N) is 2. The van der Waals surface area contributed by atoms with Crippen molar-refractivity contribution in [3.8, 4) is 6.07 Å². The van der Waals surface area contributed by atoms with E-state index in [9.17, 15) is 8.42 Å². The van der Waals surface area contributed by atoms with Gasteiger partial charge in [-0.15, -0.1) is 0 Å². The molecule has 0 amide bonds. The van der Waals surface area contributed by atoms with Gasteiger partial charge in [-0.25, -0.2) is 0 Å². The maximum Gasteiger partial charge on any atom is 0.265 e. The molecule has 0 aliphatic heterocycles. The average molecular weight is 240 g/mol. The van der Waals surface area contributed by atoms with Gasteiger partial charge in [0.15, 0.2) is 0 Å². The third-order valence-corrected chi connectivity index (χ3v) is 2.49. The number of hydrogen-bond acceptors (Lipinski definition) is 5. The summed E-state index contributed by atoms with van der Waals surface area (Å²) in [4.78, 5) is 3.99. The fourth-order valence-corrected chi connectivity index (χ4v) is 1.86. The van der Waals surface area contributed by atoms with Gasteiger partial charge in [-0.1, -0.05) is 6.92 Å². The quantitative estimate of drug-likeness (QED) is 0.743. The molecule has 0 N–H and O–H groups in total. The summed E-state index contributed by atoms with van der Waals surface area (Å²) in [5.74, 6) is 0. The minimum absolute atomic E-state index is 0.429. The second-order valence-electron chi connectivity index (χ2n) is 3.28. The molecule has 0 radical (unpaired) electrons. The van der Waals surface area contributed by atoms with Crippen molar-refractivity contribution in [3.63, 3.8) is 0 Å². The zero-order valence-corrected chi connectivity index (χ0v) is 9.86. The molecule has 0 aliphatic rings. The molecule has 1 unspecified atom stereocenters. The normalized spacial score (nSPS) is 13.1. The Morgan fingerprint density at radius 3 is 2.62 bits per heavy atom. The molecule has 6 heteroatoms. The molecular formula is C10H12N2O3S. The first-order chi connectivity index (χ1) is 7.46. The van der Waals surface area contributed by atoms with Crippen molar-refractivity contribution in [2.75, 3.05) is 6.26 Å². The lowest BCUT2D eigenvalue weighted by molar-refractivity contribution is 0.206.